The van der Waals surface area contributed by atoms with Crippen LogP contribution in [0.3, 0.4) is 0 Å². The predicted molar refractivity (Wildman–Crippen MR) is 76.7 cm³/mol. The molecule has 21 heavy (non-hydrogen) atoms. The van der Waals surface area contributed by atoms with Crippen molar-refractivity contribution in [1.29, 1.82) is 0 Å². The Balaban J connectivity index is 1.85. The van der Waals surface area contributed by atoms with Gasteiger partial charge in [0, 0.05) is 11.6 Å². The van der Waals surface area contributed by atoms with E-state index in [2.05, 4.69) is 5.32 Å². The Hall–Kier alpha value is -1.78. The molecule has 0 aliphatic carbocycles. The summed E-state index contributed by atoms with van der Waals surface area (Å²) in [7, 11) is 0. The van der Waals surface area contributed by atoms with Crippen LogP contribution >= 0.6 is 0 Å². The van der Waals surface area contributed by atoms with Gasteiger partial charge in [-0.15, -0.1) is 0 Å². The van der Waals surface area contributed by atoms with Gasteiger partial charge in [0.1, 0.15) is 11.6 Å². The Morgan fingerprint density at radius 3 is 2.57 bits per heavy atom. The number of rotatable bonds is 3. The smallest absolute Gasteiger partial charge is 0.130 e. The lowest BCUT2D eigenvalue weighted by atomic mass is 9.97. The predicted octanol–water partition coefficient (Wildman–Crippen LogP) is 3.89. The van der Waals surface area contributed by atoms with Gasteiger partial charge in [-0.05, 0) is 30.2 Å². The highest BCUT2D eigenvalue weighted by atomic mass is 19.1. The van der Waals surface area contributed by atoms with Gasteiger partial charge in [0.05, 0.1) is 19.3 Å². The van der Waals surface area contributed by atoms with Crippen molar-refractivity contribution in [1.82, 2.24) is 5.32 Å². The topological polar surface area (TPSA) is 21.3 Å². The molecule has 3 rings (SSSR count). The minimum atomic E-state index is -0.528. The lowest BCUT2D eigenvalue weighted by molar-refractivity contribution is 0.0788. The molecule has 110 valence electrons. The van der Waals surface area contributed by atoms with Crippen LogP contribution in [0.2, 0.25) is 0 Å². The number of ether oxygens (including phenoxy) is 1. The van der Waals surface area contributed by atoms with Gasteiger partial charge >= 0.3 is 0 Å². The second-order valence-electron chi connectivity index (χ2n) is 5.29. The summed E-state index contributed by atoms with van der Waals surface area (Å²) in [6.07, 6.45) is 0. The summed E-state index contributed by atoms with van der Waals surface area (Å²) in [5.74, 6) is -1.06. The van der Waals surface area contributed by atoms with E-state index in [1.54, 1.807) is 6.92 Å². The average Bonchev–Trinajstić information content (AvgIpc) is 2.47. The van der Waals surface area contributed by atoms with Crippen molar-refractivity contribution in [3.8, 4) is 0 Å². The zero-order valence-electron chi connectivity index (χ0n) is 11.8. The summed E-state index contributed by atoms with van der Waals surface area (Å²) in [5, 5.41) is 3.27. The highest BCUT2D eigenvalue weighted by molar-refractivity contribution is 5.32. The first-order valence-electron chi connectivity index (χ1n) is 7.02. The van der Waals surface area contributed by atoms with E-state index in [4.69, 9.17) is 4.74 Å². The second-order valence-corrected chi connectivity index (χ2v) is 5.29. The first-order valence-corrected chi connectivity index (χ1v) is 7.02. The molecule has 1 aliphatic rings. The van der Waals surface area contributed by atoms with E-state index in [9.17, 15) is 8.78 Å². The second kappa shape index (κ2) is 5.92. The minimum absolute atomic E-state index is 0.0658. The lowest BCUT2D eigenvalue weighted by Gasteiger charge is -2.29. The first kappa shape index (κ1) is 14.2. The SMILES string of the molecule is CC(NC1COCc2ccccc21)c1c(F)cccc1F. The van der Waals surface area contributed by atoms with Crippen molar-refractivity contribution in [2.24, 2.45) is 0 Å². The molecule has 1 N–H and O–H groups in total. The van der Waals surface area contributed by atoms with E-state index in [1.807, 2.05) is 24.3 Å². The van der Waals surface area contributed by atoms with Gasteiger partial charge in [0.2, 0.25) is 0 Å². The maximum atomic E-state index is 13.8. The highest BCUT2D eigenvalue weighted by Gasteiger charge is 2.24. The molecule has 2 atom stereocenters. The number of hydrogen-bond acceptors (Lipinski definition) is 2. The first-order chi connectivity index (χ1) is 10.2. The third kappa shape index (κ3) is 2.82. The van der Waals surface area contributed by atoms with Crippen molar-refractivity contribution in [3.05, 3.63) is 70.8 Å². The lowest BCUT2D eigenvalue weighted by Crippen LogP contribution is -2.32. The fraction of sp³-hybridized carbons (Fsp3) is 0.294. The molecule has 2 aromatic carbocycles. The maximum absolute atomic E-state index is 13.8. The van der Waals surface area contributed by atoms with E-state index in [1.165, 1.54) is 18.2 Å². The van der Waals surface area contributed by atoms with Gasteiger partial charge in [-0.3, -0.25) is 0 Å². The van der Waals surface area contributed by atoms with Crippen molar-refractivity contribution in [2.75, 3.05) is 6.61 Å². The summed E-state index contributed by atoms with van der Waals surface area (Å²) >= 11 is 0. The van der Waals surface area contributed by atoms with Gasteiger partial charge in [0.25, 0.3) is 0 Å². The third-order valence-electron chi connectivity index (χ3n) is 3.86. The van der Waals surface area contributed by atoms with E-state index in [-0.39, 0.29) is 11.6 Å². The van der Waals surface area contributed by atoms with E-state index >= 15 is 0 Å². The van der Waals surface area contributed by atoms with Crippen LogP contribution in [0.15, 0.2) is 42.5 Å². The van der Waals surface area contributed by atoms with Gasteiger partial charge in [0.15, 0.2) is 0 Å². The van der Waals surface area contributed by atoms with Crippen molar-refractivity contribution in [2.45, 2.75) is 25.6 Å². The average molecular weight is 289 g/mol. The Bertz CT molecular complexity index is 624. The molecular formula is C17H17F2NO. The fourth-order valence-corrected chi connectivity index (χ4v) is 2.83. The van der Waals surface area contributed by atoms with Crippen LogP contribution < -0.4 is 5.32 Å². The molecule has 2 nitrogen and oxygen atoms in total. The standard InChI is InChI=1S/C17H17F2NO/c1-11(17-14(18)7-4-8-15(17)19)20-16-10-21-9-12-5-2-3-6-13(12)16/h2-8,11,16,20H,9-10H2,1H3. The number of halogens is 2. The molecule has 0 spiro atoms. The summed E-state index contributed by atoms with van der Waals surface area (Å²) in [4.78, 5) is 0. The normalized spacial score (nSPS) is 19.1. The molecule has 4 heteroatoms. The fourth-order valence-electron chi connectivity index (χ4n) is 2.83. The number of benzene rings is 2. The van der Waals surface area contributed by atoms with Crippen LogP contribution in [0.4, 0.5) is 8.78 Å². The molecule has 0 bridgehead atoms. The molecule has 0 radical (unpaired) electrons. The molecule has 0 saturated heterocycles. The van der Waals surface area contributed by atoms with Crippen molar-refractivity contribution in [3.63, 3.8) is 0 Å². The molecule has 0 aromatic heterocycles. The van der Waals surface area contributed by atoms with Gasteiger partial charge in [-0.1, -0.05) is 30.3 Å². The van der Waals surface area contributed by atoms with Crippen molar-refractivity contribution >= 4 is 0 Å². The zero-order valence-corrected chi connectivity index (χ0v) is 11.8. The molecular weight excluding hydrogens is 272 g/mol. The summed E-state index contributed by atoms with van der Waals surface area (Å²) < 4.78 is 33.2. The number of fused-ring (bicyclic) bond motifs is 1. The summed E-state index contributed by atoms with van der Waals surface area (Å²) in [5.41, 5.74) is 2.32. The highest BCUT2D eigenvalue weighted by Crippen LogP contribution is 2.28. The Labute approximate surface area is 122 Å². The maximum Gasteiger partial charge on any atom is 0.130 e. The van der Waals surface area contributed by atoms with E-state index < -0.39 is 17.7 Å². The van der Waals surface area contributed by atoms with Gasteiger partial charge in [-0.25, -0.2) is 8.78 Å². The third-order valence-corrected chi connectivity index (χ3v) is 3.86. The largest absolute Gasteiger partial charge is 0.375 e. The number of nitrogens with one attached hydrogen (secondary N) is 1. The molecule has 0 saturated carbocycles. The van der Waals surface area contributed by atoms with Crippen LogP contribution in [0.1, 0.15) is 35.7 Å². The molecule has 0 fully saturated rings. The van der Waals surface area contributed by atoms with Crippen molar-refractivity contribution < 1.29 is 13.5 Å². The monoisotopic (exact) mass is 289 g/mol. The Kier molecular flexibility index (Phi) is 3.99. The zero-order chi connectivity index (χ0) is 14.8. The van der Waals surface area contributed by atoms with E-state index in [0.29, 0.717) is 13.2 Å². The number of hydrogen-bond donors (Lipinski definition) is 1. The quantitative estimate of drug-likeness (QED) is 0.925. The molecule has 0 amide bonds. The van der Waals surface area contributed by atoms with Crippen LogP contribution in [0.25, 0.3) is 0 Å². The van der Waals surface area contributed by atoms with Crippen LogP contribution in [-0.4, -0.2) is 6.61 Å². The summed E-state index contributed by atoms with van der Waals surface area (Å²) in [6, 6.07) is 11.4. The van der Waals surface area contributed by atoms with Crippen LogP contribution in [0, 0.1) is 11.6 Å². The molecule has 1 heterocycles. The molecule has 2 unspecified atom stereocenters. The molecule has 2 aromatic rings. The Morgan fingerprint density at radius 2 is 1.81 bits per heavy atom. The Morgan fingerprint density at radius 1 is 1.10 bits per heavy atom. The van der Waals surface area contributed by atoms with Crippen LogP contribution in [0.5, 0.6) is 0 Å². The summed E-state index contributed by atoms with van der Waals surface area (Å²) in [6.45, 7) is 2.84. The van der Waals surface area contributed by atoms with E-state index in [0.717, 1.165) is 11.1 Å². The van der Waals surface area contributed by atoms with Crippen LogP contribution in [-0.2, 0) is 11.3 Å². The van der Waals surface area contributed by atoms with Gasteiger partial charge in [-0.2, -0.15) is 0 Å². The molecule has 1 aliphatic heterocycles. The minimum Gasteiger partial charge on any atom is -0.375 e. The van der Waals surface area contributed by atoms with Gasteiger partial charge < -0.3 is 10.1 Å².